The molecule has 1 N–H and O–H groups in total. The molecule has 0 fully saturated rings. The standard InChI is InChI=1S/C14H18BrNOS/c1-5-16-13(11-6-8(2)17-10(11)4)14-12(15)7-9(3)18-14/h6-7,13,16H,5H2,1-4H3. The van der Waals surface area contributed by atoms with Crippen molar-refractivity contribution >= 4 is 27.3 Å². The Kier molecular flexibility index (Phi) is 4.30. The molecule has 2 aromatic heterocycles. The molecule has 0 amide bonds. The lowest BCUT2D eigenvalue weighted by molar-refractivity contribution is 0.495. The van der Waals surface area contributed by atoms with Crippen LogP contribution in [0.3, 0.4) is 0 Å². The summed E-state index contributed by atoms with van der Waals surface area (Å²) in [5.74, 6) is 1.96. The lowest BCUT2D eigenvalue weighted by Gasteiger charge is -2.16. The van der Waals surface area contributed by atoms with Gasteiger partial charge >= 0.3 is 0 Å². The molecule has 0 aliphatic heterocycles. The summed E-state index contributed by atoms with van der Waals surface area (Å²) in [6.45, 7) is 9.21. The summed E-state index contributed by atoms with van der Waals surface area (Å²) in [5.41, 5.74) is 1.23. The topological polar surface area (TPSA) is 25.2 Å². The van der Waals surface area contributed by atoms with Gasteiger partial charge in [-0.15, -0.1) is 11.3 Å². The van der Waals surface area contributed by atoms with E-state index in [0.29, 0.717) is 0 Å². The monoisotopic (exact) mass is 327 g/mol. The molecule has 1 atom stereocenters. The van der Waals surface area contributed by atoms with Gasteiger partial charge in [0.05, 0.1) is 6.04 Å². The molecule has 0 radical (unpaired) electrons. The van der Waals surface area contributed by atoms with E-state index in [0.717, 1.165) is 18.1 Å². The Bertz CT molecular complexity index is 498. The van der Waals surface area contributed by atoms with E-state index in [1.54, 1.807) is 0 Å². The Balaban J connectivity index is 2.46. The average Bonchev–Trinajstić information content (AvgIpc) is 2.78. The van der Waals surface area contributed by atoms with Crippen LogP contribution in [0, 0.1) is 20.8 Å². The quantitative estimate of drug-likeness (QED) is 0.878. The van der Waals surface area contributed by atoms with Crippen LogP contribution in [-0.4, -0.2) is 6.54 Å². The van der Waals surface area contributed by atoms with E-state index in [2.05, 4.69) is 47.2 Å². The number of aryl methyl sites for hydroxylation is 3. The Morgan fingerprint density at radius 3 is 2.50 bits per heavy atom. The number of thiophene rings is 1. The smallest absolute Gasteiger partial charge is 0.106 e. The number of nitrogens with one attached hydrogen (secondary N) is 1. The van der Waals surface area contributed by atoms with Crippen LogP contribution in [0.5, 0.6) is 0 Å². The number of furan rings is 1. The summed E-state index contributed by atoms with van der Waals surface area (Å²) < 4.78 is 6.83. The maximum absolute atomic E-state index is 5.66. The highest BCUT2D eigenvalue weighted by molar-refractivity contribution is 9.10. The third kappa shape index (κ3) is 2.71. The first-order chi connectivity index (χ1) is 8.52. The zero-order chi connectivity index (χ0) is 13.3. The van der Waals surface area contributed by atoms with Crippen LogP contribution in [0.4, 0.5) is 0 Å². The van der Waals surface area contributed by atoms with Gasteiger partial charge in [0.1, 0.15) is 11.5 Å². The van der Waals surface area contributed by atoms with E-state index in [1.807, 2.05) is 25.2 Å². The lowest BCUT2D eigenvalue weighted by Crippen LogP contribution is -2.21. The van der Waals surface area contributed by atoms with Gasteiger partial charge < -0.3 is 9.73 Å². The summed E-state index contributed by atoms with van der Waals surface area (Å²) >= 11 is 5.48. The molecular formula is C14H18BrNOS. The van der Waals surface area contributed by atoms with Gasteiger partial charge in [0, 0.05) is 19.8 Å². The zero-order valence-electron chi connectivity index (χ0n) is 11.1. The normalized spacial score (nSPS) is 12.9. The highest BCUT2D eigenvalue weighted by atomic mass is 79.9. The SMILES string of the molecule is CCNC(c1cc(C)oc1C)c1sc(C)cc1Br. The minimum atomic E-state index is 0.209. The van der Waals surface area contributed by atoms with Gasteiger partial charge in [-0.25, -0.2) is 0 Å². The van der Waals surface area contributed by atoms with Gasteiger partial charge in [-0.1, -0.05) is 6.92 Å². The van der Waals surface area contributed by atoms with Gasteiger partial charge in [0.15, 0.2) is 0 Å². The van der Waals surface area contributed by atoms with Gasteiger partial charge in [0.25, 0.3) is 0 Å². The van der Waals surface area contributed by atoms with Crippen molar-refractivity contribution in [3.05, 3.63) is 43.4 Å². The minimum Gasteiger partial charge on any atom is -0.466 e. The maximum Gasteiger partial charge on any atom is 0.106 e. The highest BCUT2D eigenvalue weighted by Gasteiger charge is 2.22. The van der Waals surface area contributed by atoms with Crippen molar-refractivity contribution in [3.8, 4) is 0 Å². The number of hydrogen-bond acceptors (Lipinski definition) is 3. The molecular weight excluding hydrogens is 310 g/mol. The third-order valence-corrected chi connectivity index (χ3v) is 4.93. The van der Waals surface area contributed by atoms with Crippen LogP contribution in [-0.2, 0) is 0 Å². The van der Waals surface area contributed by atoms with Gasteiger partial charge in [0.2, 0.25) is 0 Å². The second-order valence-corrected chi connectivity index (χ2v) is 6.57. The molecule has 0 aliphatic rings. The second-order valence-electron chi connectivity index (χ2n) is 4.43. The molecule has 2 aromatic rings. The number of rotatable bonds is 4. The number of hydrogen-bond donors (Lipinski definition) is 1. The first-order valence-electron chi connectivity index (χ1n) is 6.09. The highest BCUT2D eigenvalue weighted by Crippen LogP contribution is 2.37. The van der Waals surface area contributed by atoms with Gasteiger partial charge in [-0.05, 0) is 55.4 Å². The fourth-order valence-electron chi connectivity index (χ4n) is 2.18. The van der Waals surface area contributed by atoms with E-state index >= 15 is 0 Å². The van der Waals surface area contributed by atoms with Crippen LogP contribution in [0.25, 0.3) is 0 Å². The predicted octanol–water partition coefficient (Wildman–Crippen LogP) is 4.73. The first kappa shape index (κ1) is 13.8. The fourth-order valence-corrected chi connectivity index (χ4v) is 4.16. The Hall–Kier alpha value is -0.580. The van der Waals surface area contributed by atoms with E-state index in [9.17, 15) is 0 Å². The van der Waals surface area contributed by atoms with Crippen LogP contribution < -0.4 is 5.32 Å². The molecule has 0 bridgehead atoms. The van der Waals surface area contributed by atoms with Crippen molar-refractivity contribution in [2.75, 3.05) is 6.54 Å². The average molecular weight is 328 g/mol. The van der Waals surface area contributed by atoms with Crippen molar-refractivity contribution in [3.63, 3.8) is 0 Å². The minimum absolute atomic E-state index is 0.209. The van der Waals surface area contributed by atoms with E-state index in [1.165, 1.54) is 19.8 Å². The van der Waals surface area contributed by atoms with E-state index in [-0.39, 0.29) is 6.04 Å². The molecule has 0 spiro atoms. The largest absolute Gasteiger partial charge is 0.466 e. The van der Waals surface area contributed by atoms with Crippen molar-refractivity contribution in [1.29, 1.82) is 0 Å². The molecule has 0 saturated heterocycles. The summed E-state index contributed by atoms with van der Waals surface area (Å²) in [7, 11) is 0. The van der Waals surface area contributed by atoms with E-state index < -0.39 is 0 Å². The van der Waals surface area contributed by atoms with Crippen molar-refractivity contribution in [2.24, 2.45) is 0 Å². The Morgan fingerprint density at radius 1 is 1.33 bits per heavy atom. The molecule has 18 heavy (non-hydrogen) atoms. The molecule has 0 aromatic carbocycles. The number of halogens is 1. The van der Waals surface area contributed by atoms with Crippen LogP contribution in [0.2, 0.25) is 0 Å². The van der Waals surface area contributed by atoms with Crippen molar-refractivity contribution in [1.82, 2.24) is 5.32 Å². The van der Waals surface area contributed by atoms with Crippen LogP contribution in [0.1, 0.15) is 39.8 Å². The molecule has 0 aliphatic carbocycles. The third-order valence-electron chi connectivity index (χ3n) is 2.90. The molecule has 98 valence electrons. The molecule has 4 heteroatoms. The molecule has 2 rings (SSSR count). The van der Waals surface area contributed by atoms with Gasteiger partial charge in [-0.2, -0.15) is 0 Å². The molecule has 2 nitrogen and oxygen atoms in total. The van der Waals surface area contributed by atoms with E-state index in [4.69, 9.17) is 4.42 Å². The first-order valence-corrected chi connectivity index (χ1v) is 7.70. The van der Waals surface area contributed by atoms with Crippen LogP contribution in [0.15, 0.2) is 21.0 Å². The fraction of sp³-hybridized carbons (Fsp3) is 0.429. The maximum atomic E-state index is 5.66. The Morgan fingerprint density at radius 2 is 2.06 bits per heavy atom. The van der Waals surface area contributed by atoms with Crippen molar-refractivity contribution < 1.29 is 4.42 Å². The van der Waals surface area contributed by atoms with Crippen molar-refractivity contribution in [2.45, 2.75) is 33.7 Å². The summed E-state index contributed by atoms with van der Waals surface area (Å²) in [5, 5.41) is 3.54. The second kappa shape index (κ2) is 5.59. The zero-order valence-corrected chi connectivity index (χ0v) is 13.5. The van der Waals surface area contributed by atoms with Gasteiger partial charge in [-0.3, -0.25) is 0 Å². The molecule has 1 unspecified atom stereocenters. The molecule has 0 saturated carbocycles. The van der Waals surface area contributed by atoms with Crippen LogP contribution >= 0.6 is 27.3 Å². The Labute approximate surface area is 121 Å². The lowest BCUT2D eigenvalue weighted by atomic mass is 10.1. The summed E-state index contributed by atoms with van der Waals surface area (Å²) in [4.78, 5) is 2.64. The predicted molar refractivity (Wildman–Crippen MR) is 80.5 cm³/mol. The summed E-state index contributed by atoms with van der Waals surface area (Å²) in [6, 6.07) is 4.51. The summed E-state index contributed by atoms with van der Waals surface area (Å²) in [6.07, 6.45) is 0. The molecule has 2 heterocycles.